The van der Waals surface area contributed by atoms with Crippen molar-refractivity contribution in [2.24, 2.45) is 11.8 Å². The summed E-state index contributed by atoms with van der Waals surface area (Å²) >= 11 is 0. The predicted octanol–water partition coefficient (Wildman–Crippen LogP) is 2.08. The molecule has 0 aliphatic carbocycles. The van der Waals surface area contributed by atoms with Crippen molar-refractivity contribution >= 4 is 0 Å². The summed E-state index contributed by atoms with van der Waals surface area (Å²) in [6, 6.07) is 0. The minimum Gasteiger partial charge on any atom is -0.382 e. The fourth-order valence-corrected chi connectivity index (χ4v) is 1.82. The molecular weight excluding hydrogens is 152 g/mol. The Balaban J connectivity index is 2.30. The van der Waals surface area contributed by atoms with Gasteiger partial charge in [-0.2, -0.15) is 0 Å². The van der Waals surface area contributed by atoms with E-state index in [4.69, 9.17) is 9.47 Å². The van der Waals surface area contributed by atoms with Crippen LogP contribution >= 0.6 is 0 Å². The molecule has 1 aliphatic heterocycles. The molecule has 2 atom stereocenters. The summed E-state index contributed by atoms with van der Waals surface area (Å²) in [7, 11) is 1.74. The first-order valence-corrected chi connectivity index (χ1v) is 4.84. The molecule has 0 spiro atoms. The van der Waals surface area contributed by atoms with Crippen LogP contribution in [0.1, 0.15) is 26.7 Å². The van der Waals surface area contributed by atoms with E-state index in [1.54, 1.807) is 7.11 Å². The lowest BCUT2D eigenvalue weighted by atomic mass is 9.86. The Morgan fingerprint density at radius 1 is 1.50 bits per heavy atom. The lowest BCUT2D eigenvalue weighted by molar-refractivity contribution is -0.0545. The van der Waals surface area contributed by atoms with Crippen molar-refractivity contribution in [3.63, 3.8) is 0 Å². The molecule has 0 saturated carbocycles. The van der Waals surface area contributed by atoms with Gasteiger partial charge < -0.3 is 9.47 Å². The van der Waals surface area contributed by atoms with Crippen LogP contribution in [0.25, 0.3) is 0 Å². The van der Waals surface area contributed by atoms with Crippen LogP contribution in [-0.4, -0.2) is 26.4 Å². The third-order valence-corrected chi connectivity index (χ3v) is 2.70. The first-order chi connectivity index (χ1) is 5.74. The molecule has 2 heteroatoms. The second-order valence-corrected chi connectivity index (χ2v) is 3.98. The molecule has 1 aliphatic rings. The SMILES string of the molecule is COC[C@H]1C[C@@H](C(C)C)CCO1. The lowest BCUT2D eigenvalue weighted by Crippen LogP contribution is -2.31. The van der Waals surface area contributed by atoms with Crippen LogP contribution in [0.2, 0.25) is 0 Å². The van der Waals surface area contributed by atoms with Gasteiger partial charge in [-0.15, -0.1) is 0 Å². The highest BCUT2D eigenvalue weighted by atomic mass is 16.5. The molecule has 12 heavy (non-hydrogen) atoms. The van der Waals surface area contributed by atoms with Crippen LogP contribution in [-0.2, 0) is 9.47 Å². The van der Waals surface area contributed by atoms with E-state index in [9.17, 15) is 0 Å². The minimum absolute atomic E-state index is 0.344. The van der Waals surface area contributed by atoms with Gasteiger partial charge >= 0.3 is 0 Å². The largest absolute Gasteiger partial charge is 0.382 e. The summed E-state index contributed by atoms with van der Waals surface area (Å²) in [5.41, 5.74) is 0. The molecule has 0 radical (unpaired) electrons. The number of rotatable bonds is 3. The minimum atomic E-state index is 0.344. The van der Waals surface area contributed by atoms with Gasteiger partial charge in [0.15, 0.2) is 0 Å². The summed E-state index contributed by atoms with van der Waals surface area (Å²) in [6.07, 6.45) is 2.74. The van der Waals surface area contributed by atoms with E-state index in [0.717, 1.165) is 25.0 Å². The Hall–Kier alpha value is -0.0800. The molecule has 1 fully saturated rings. The Bertz CT molecular complexity index is 121. The molecule has 0 unspecified atom stereocenters. The fraction of sp³-hybridized carbons (Fsp3) is 1.00. The number of hydrogen-bond acceptors (Lipinski definition) is 2. The maximum atomic E-state index is 5.57. The zero-order valence-electron chi connectivity index (χ0n) is 8.38. The maximum absolute atomic E-state index is 5.57. The lowest BCUT2D eigenvalue weighted by Gasteiger charge is -2.31. The number of ether oxygens (including phenoxy) is 2. The molecule has 2 nitrogen and oxygen atoms in total. The Labute approximate surface area is 75.2 Å². The first-order valence-electron chi connectivity index (χ1n) is 4.84. The van der Waals surface area contributed by atoms with E-state index in [1.165, 1.54) is 12.8 Å². The van der Waals surface area contributed by atoms with Crippen molar-refractivity contribution in [1.82, 2.24) is 0 Å². The summed E-state index contributed by atoms with van der Waals surface area (Å²) in [6.45, 7) is 6.25. The van der Waals surface area contributed by atoms with E-state index < -0.39 is 0 Å². The smallest absolute Gasteiger partial charge is 0.0811 e. The quantitative estimate of drug-likeness (QED) is 0.649. The van der Waals surface area contributed by atoms with E-state index in [-0.39, 0.29) is 0 Å². The molecule has 0 aromatic carbocycles. The fourth-order valence-electron chi connectivity index (χ4n) is 1.82. The van der Waals surface area contributed by atoms with Crippen molar-refractivity contribution in [3.05, 3.63) is 0 Å². The van der Waals surface area contributed by atoms with Crippen molar-refractivity contribution in [2.75, 3.05) is 20.3 Å². The van der Waals surface area contributed by atoms with Crippen molar-refractivity contribution in [2.45, 2.75) is 32.8 Å². The Morgan fingerprint density at radius 2 is 2.25 bits per heavy atom. The van der Waals surface area contributed by atoms with Crippen molar-refractivity contribution in [1.29, 1.82) is 0 Å². The average molecular weight is 172 g/mol. The van der Waals surface area contributed by atoms with Crippen LogP contribution in [0.5, 0.6) is 0 Å². The normalized spacial score (nSPS) is 31.0. The molecule has 0 N–H and O–H groups in total. The van der Waals surface area contributed by atoms with Crippen molar-refractivity contribution < 1.29 is 9.47 Å². The zero-order valence-corrected chi connectivity index (χ0v) is 8.38. The van der Waals surface area contributed by atoms with Gasteiger partial charge in [0.25, 0.3) is 0 Å². The number of methoxy groups -OCH3 is 1. The monoisotopic (exact) mass is 172 g/mol. The van der Waals surface area contributed by atoms with Gasteiger partial charge in [0, 0.05) is 13.7 Å². The summed E-state index contributed by atoms with van der Waals surface area (Å²) in [5.74, 6) is 1.62. The summed E-state index contributed by atoms with van der Waals surface area (Å²) in [4.78, 5) is 0. The van der Waals surface area contributed by atoms with Gasteiger partial charge in [-0.25, -0.2) is 0 Å². The van der Waals surface area contributed by atoms with Gasteiger partial charge in [0.05, 0.1) is 12.7 Å². The second-order valence-electron chi connectivity index (χ2n) is 3.98. The first kappa shape index (κ1) is 10.0. The topological polar surface area (TPSA) is 18.5 Å². The van der Waals surface area contributed by atoms with Gasteiger partial charge in [0.1, 0.15) is 0 Å². The molecule has 1 saturated heterocycles. The van der Waals surface area contributed by atoms with E-state index in [2.05, 4.69) is 13.8 Å². The van der Waals surface area contributed by atoms with E-state index in [1.807, 2.05) is 0 Å². The van der Waals surface area contributed by atoms with E-state index >= 15 is 0 Å². The highest BCUT2D eigenvalue weighted by molar-refractivity contribution is 4.73. The maximum Gasteiger partial charge on any atom is 0.0811 e. The van der Waals surface area contributed by atoms with Gasteiger partial charge in [-0.1, -0.05) is 13.8 Å². The summed E-state index contributed by atoms with van der Waals surface area (Å²) in [5, 5.41) is 0. The van der Waals surface area contributed by atoms with Crippen molar-refractivity contribution in [3.8, 4) is 0 Å². The van der Waals surface area contributed by atoms with Crippen LogP contribution in [0.15, 0.2) is 0 Å². The molecular formula is C10H20O2. The highest BCUT2D eigenvalue weighted by Crippen LogP contribution is 2.26. The zero-order chi connectivity index (χ0) is 8.97. The van der Waals surface area contributed by atoms with E-state index in [0.29, 0.717) is 6.10 Å². The number of hydrogen-bond donors (Lipinski definition) is 0. The molecule has 0 bridgehead atoms. The van der Waals surface area contributed by atoms with Gasteiger partial charge in [0.2, 0.25) is 0 Å². The van der Waals surface area contributed by atoms with Crippen LogP contribution in [0, 0.1) is 11.8 Å². The molecule has 0 amide bonds. The predicted molar refractivity (Wildman–Crippen MR) is 49.2 cm³/mol. The molecule has 0 aromatic rings. The second kappa shape index (κ2) is 4.83. The Morgan fingerprint density at radius 3 is 2.83 bits per heavy atom. The third kappa shape index (κ3) is 2.76. The summed E-state index contributed by atoms with van der Waals surface area (Å²) < 4.78 is 10.7. The third-order valence-electron chi connectivity index (χ3n) is 2.70. The molecule has 1 rings (SSSR count). The Kier molecular flexibility index (Phi) is 4.02. The molecule has 72 valence electrons. The van der Waals surface area contributed by atoms with Crippen LogP contribution in [0.3, 0.4) is 0 Å². The standard InChI is InChI=1S/C10H20O2/c1-8(2)9-4-5-12-10(6-9)7-11-3/h8-10H,4-7H2,1-3H3/t9-,10+/m0/s1. The van der Waals surface area contributed by atoms with Gasteiger partial charge in [-0.05, 0) is 24.7 Å². The molecule has 1 heterocycles. The molecule has 0 aromatic heterocycles. The highest BCUT2D eigenvalue weighted by Gasteiger charge is 2.24. The van der Waals surface area contributed by atoms with Crippen LogP contribution < -0.4 is 0 Å². The van der Waals surface area contributed by atoms with Gasteiger partial charge in [-0.3, -0.25) is 0 Å². The average Bonchev–Trinajstić information content (AvgIpc) is 2.05. The van der Waals surface area contributed by atoms with Crippen LogP contribution in [0.4, 0.5) is 0 Å².